The Labute approximate surface area is 138 Å². The minimum absolute atomic E-state index is 0.00259. The number of carbonyl (C=O) groups is 1. The first kappa shape index (κ1) is 15.5. The number of rotatable bonds is 5. The molecule has 1 fully saturated rings. The summed E-state index contributed by atoms with van der Waals surface area (Å²) in [5, 5.41) is 6.35. The number of carbonyl (C=O) groups excluding carboxylic acids is 1. The summed E-state index contributed by atoms with van der Waals surface area (Å²) in [6.07, 6.45) is 1.12. The third-order valence-corrected chi connectivity index (χ3v) is 5.20. The molecule has 2 aromatic rings. The normalized spacial score (nSPS) is 21.4. The summed E-state index contributed by atoms with van der Waals surface area (Å²) < 4.78 is 0. The van der Waals surface area contributed by atoms with Crippen LogP contribution >= 0.6 is 22.9 Å². The topological polar surface area (TPSA) is 68.0 Å². The highest BCUT2D eigenvalue weighted by Gasteiger charge is 2.41. The van der Waals surface area contributed by atoms with E-state index < -0.39 is 0 Å². The van der Waals surface area contributed by atoms with Crippen molar-refractivity contribution in [3.63, 3.8) is 0 Å². The first-order chi connectivity index (χ1) is 10.6. The molecule has 116 valence electrons. The van der Waals surface area contributed by atoms with Crippen molar-refractivity contribution >= 4 is 28.8 Å². The number of hydrogen-bond acceptors (Lipinski definition) is 4. The number of nitrogens with two attached hydrogens (primary N) is 1. The van der Waals surface area contributed by atoms with Crippen LogP contribution in [-0.2, 0) is 6.54 Å². The molecule has 3 unspecified atom stereocenters. The molecule has 6 heteroatoms. The highest BCUT2D eigenvalue weighted by atomic mass is 35.5. The number of hydrogen-bond donors (Lipinski definition) is 2. The average molecular weight is 336 g/mol. The van der Waals surface area contributed by atoms with Crippen molar-refractivity contribution in [2.75, 3.05) is 0 Å². The van der Waals surface area contributed by atoms with Crippen LogP contribution in [0.3, 0.4) is 0 Å². The van der Waals surface area contributed by atoms with Crippen LogP contribution in [0.5, 0.6) is 0 Å². The van der Waals surface area contributed by atoms with E-state index in [0.717, 1.165) is 17.0 Å². The van der Waals surface area contributed by atoms with Crippen molar-refractivity contribution in [1.29, 1.82) is 0 Å². The molecule has 0 bridgehead atoms. The van der Waals surface area contributed by atoms with Crippen molar-refractivity contribution in [2.45, 2.75) is 25.9 Å². The van der Waals surface area contributed by atoms with E-state index in [9.17, 15) is 4.79 Å². The summed E-state index contributed by atoms with van der Waals surface area (Å²) in [4.78, 5) is 16.7. The first-order valence-electron chi connectivity index (χ1n) is 7.29. The monoisotopic (exact) mass is 335 g/mol. The van der Waals surface area contributed by atoms with Crippen LogP contribution in [0.4, 0.5) is 0 Å². The Hall–Kier alpha value is -1.43. The SMILES string of the molecule is CC1CC1C(NC(=O)c1csc(CN)n1)c1ccc(Cl)cc1. The highest BCUT2D eigenvalue weighted by Crippen LogP contribution is 2.47. The first-order valence-corrected chi connectivity index (χ1v) is 8.55. The van der Waals surface area contributed by atoms with Gasteiger partial charge in [0, 0.05) is 16.9 Å². The van der Waals surface area contributed by atoms with Crippen molar-refractivity contribution in [3.8, 4) is 0 Å². The lowest BCUT2D eigenvalue weighted by Crippen LogP contribution is -2.30. The number of nitrogens with one attached hydrogen (secondary N) is 1. The molecule has 0 saturated heterocycles. The molecule has 0 radical (unpaired) electrons. The molecule has 1 saturated carbocycles. The number of benzene rings is 1. The zero-order valence-corrected chi connectivity index (χ0v) is 13.8. The van der Waals surface area contributed by atoms with E-state index in [-0.39, 0.29) is 11.9 Å². The Morgan fingerprint density at radius 3 is 2.73 bits per heavy atom. The van der Waals surface area contributed by atoms with Gasteiger partial charge in [-0.1, -0.05) is 30.7 Å². The van der Waals surface area contributed by atoms with Gasteiger partial charge < -0.3 is 11.1 Å². The van der Waals surface area contributed by atoms with Crippen LogP contribution in [0.15, 0.2) is 29.6 Å². The molecule has 1 aromatic carbocycles. The Morgan fingerprint density at radius 1 is 1.50 bits per heavy atom. The zero-order valence-electron chi connectivity index (χ0n) is 12.3. The fraction of sp³-hybridized carbons (Fsp3) is 0.375. The van der Waals surface area contributed by atoms with Crippen molar-refractivity contribution < 1.29 is 4.79 Å². The summed E-state index contributed by atoms with van der Waals surface area (Å²) in [5.74, 6) is 0.948. The molecule has 3 N–H and O–H groups in total. The van der Waals surface area contributed by atoms with Crippen LogP contribution < -0.4 is 11.1 Å². The lowest BCUT2D eigenvalue weighted by molar-refractivity contribution is 0.0926. The van der Waals surface area contributed by atoms with Crippen molar-refractivity contribution in [2.24, 2.45) is 17.6 Å². The number of amides is 1. The molecule has 1 aliphatic carbocycles. The van der Waals surface area contributed by atoms with E-state index in [0.29, 0.717) is 29.1 Å². The Kier molecular flexibility index (Phi) is 4.47. The minimum atomic E-state index is -0.144. The summed E-state index contributed by atoms with van der Waals surface area (Å²) in [6.45, 7) is 2.56. The summed E-state index contributed by atoms with van der Waals surface area (Å²) >= 11 is 7.37. The van der Waals surface area contributed by atoms with Gasteiger partial charge in [-0.25, -0.2) is 4.98 Å². The number of thiazole rings is 1. The van der Waals surface area contributed by atoms with Gasteiger partial charge in [0.25, 0.3) is 5.91 Å². The Morgan fingerprint density at radius 2 is 2.18 bits per heavy atom. The van der Waals surface area contributed by atoms with Gasteiger partial charge in [-0.3, -0.25) is 4.79 Å². The molecule has 4 nitrogen and oxygen atoms in total. The Balaban J connectivity index is 1.78. The second-order valence-electron chi connectivity index (χ2n) is 5.71. The van der Waals surface area contributed by atoms with E-state index in [1.165, 1.54) is 11.3 Å². The lowest BCUT2D eigenvalue weighted by atomic mass is 10.0. The molecule has 1 aromatic heterocycles. The average Bonchev–Trinajstić information content (AvgIpc) is 3.04. The molecule has 0 spiro atoms. The van der Waals surface area contributed by atoms with Gasteiger partial charge >= 0.3 is 0 Å². The molecule has 3 atom stereocenters. The van der Waals surface area contributed by atoms with E-state index in [1.54, 1.807) is 5.38 Å². The molecular weight excluding hydrogens is 318 g/mol. The van der Waals surface area contributed by atoms with Crippen LogP contribution in [0.25, 0.3) is 0 Å². The number of nitrogens with zero attached hydrogens (tertiary/aromatic N) is 1. The highest BCUT2D eigenvalue weighted by molar-refractivity contribution is 7.09. The standard InChI is InChI=1S/C16H18ClN3OS/c1-9-6-12(9)15(10-2-4-11(17)5-3-10)20-16(21)13-8-22-14(7-18)19-13/h2-5,8-9,12,15H,6-7,18H2,1H3,(H,20,21). The molecule has 1 heterocycles. The van der Waals surface area contributed by atoms with Gasteiger partial charge in [0.05, 0.1) is 6.04 Å². The molecule has 1 aliphatic rings. The quantitative estimate of drug-likeness (QED) is 0.880. The molecule has 22 heavy (non-hydrogen) atoms. The van der Waals surface area contributed by atoms with E-state index in [2.05, 4.69) is 17.2 Å². The van der Waals surface area contributed by atoms with Gasteiger partial charge in [-0.15, -0.1) is 11.3 Å². The second-order valence-corrected chi connectivity index (χ2v) is 7.09. The van der Waals surface area contributed by atoms with Crippen molar-refractivity contribution in [1.82, 2.24) is 10.3 Å². The van der Waals surface area contributed by atoms with Crippen molar-refractivity contribution in [3.05, 3.63) is 50.9 Å². The third kappa shape index (κ3) is 3.32. The van der Waals surface area contributed by atoms with Crippen LogP contribution in [0.2, 0.25) is 5.02 Å². The molecule has 0 aliphatic heterocycles. The van der Waals surface area contributed by atoms with Crippen LogP contribution in [0.1, 0.15) is 40.4 Å². The third-order valence-electron chi connectivity index (χ3n) is 4.07. The maximum absolute atomic E-state index is 12.4. The maximum atomic E-state index is 12.4. The van der Waals surface area contributed by atoms with Gasteiger partial charge in [-0.05, 0) is 36.0 Å². The summed E-state index contributed by atoms with van der Waals surface area (Å²) in [6, 6.07) is 7.68. The fourth-order valence-electron chi connectivity index (χ4n) is 2.65. The van der Waals surface area contributed by atoms with Crippen LogP contribution in [-0.4, -0.2) is 10.9 Å². The van der Waals surface area contributed by atoms with Gasteiger partial charge in [-0.2, -0.15) is 0 Å². The van der Waals surface area contributed by atoms with Gasteiger partial charge in [0.1, 0.15) is 10.7 Å². The van der Waals surface area contributed by atoms with Gasteiger partial charge in [0.15, 0.2) is 0 Å². The minimum Gasteiger partial charge on any atom is -0.344 e. The predicted molar refractivity (Wildman–Crippen MR) is 88.9 cm³/mol. The van der Waals surface area contributed by atoms with E-state index in [4.69, 9.17) is 17.3 Å². The lowest BCUT2D eigenvalue weighted by Gasteiger charge is -2.19. The van der Waals surface area contributed by atoms with E-state index in [1.807, 2.05) is 24.3 Å². The summed E-state index contributed by atoms with van der Waals surface area (Å²) in [5.41, 5.74) is 7.08. The molecule has 3 rings (SSSR count). The van der Waals surface area contributed by atoms with E-state index >= 15 is 0 Å². The smallest absolute Gasteiger partial charge is 0.271 e. The maximum Gasteiger partial charge on any atom is 0.271 e. The fourth-order valence-corrected chi connectivity index (χ4v) is 3.43. The van der Waals surface area contributed by atoms with Gasteiger partial charge in [0.2, 0.25) is 0 Å². The predicted octanol–water partition coefficient (Wildman–Crippen LogP) is 3.38. The zero-order chi connectivity index (χ0) is 15.7. The molecular formula is C16H18ClN3OS. The number of aromatic nitrogens is 1. The summed E-state index contributed by atoms with van der Waals surface area (Å²) in [7, 11) is 0. The van der Waals surface area contributed by atoms with Crippen LogP contribution in [0, 0.1) is 11.8 Å². The second kappa shape index (κ2) is 6.36. The number of halogens is 1. The largest absolute Gasteiger partial charge is 0.344 e. The Bertz CT molecular complexity index is 670. The molecule has 1 amide bonds.